The van der Waals surface area contributed by atoms with Crippen molar-refractivity contribution in [1.82, 2.24) is 0 Å². The molecular formula is C11H14OS. The molecule has 2 heteroatoms. The SMILES string of the molecule is Cc1ccc(SC(=O)C(C)C)cc1. The highest BCUT2D eigenvalue weighted by atomic mass is 32.2. The van der Waals surface area contributed by atoms with Gasteiger partial charge in [0, 0.05) is 10.8 Å². The predicted molar refractivity (Wildman–Crippen MR) is 56.9 cm³/mol. The van der Waals surface area contributed by atoms with E-state index in [0.717, 1.165) is 4.90 Å². The first kappa shape index (κ1) is 10.3. The zero-order valence-electron chi connectivity index (χ0n) is 8.20. The molecule has 0 fully saturated rings. The molecule has 0 saturated carbocycles. The van der Waals surface area contributed by atoms with Crippen molar-refractivity contribution in [3.63, 3.8) is 0 Å². The minimum atomic E-state index is 0.103. The molecule has 0 aliphatic heterocycles. The molecule has 0 aliphatic rings. The summed E-state index contributed by atoms with van der Waals surface area (Å²) in [5, 5.41) is 0.226. The van der Waals surface area contributed by atoms with E-state index in [2.05, 4.69) is 0 Å². The summed E-state index contributed by atoms with van der Waals surface area (Å²) < 4.78 is 0. The molecule has 0 saturated heterocycles. The normalized spacial score (nSPS) is 10.5. The molecule has 0 N–H and O–H groups in total. The molecule has 0 aliphatic carbocycles. The maximum absolute atomic E-state index is 11.4. The van der Waals surface area contributed by atoms with Gasteiger partial charge >= 0.3 is 0 Å². The van der Waals surface area contributed by atoms with Crippen LogP contribution in [0.3, 0.4) is 0 Å². The second-order valence-electron chi connectivity index (χ2n) is 3.39. The predicted octanol–water partition coefficient (Wildman–Crippen LogP) is 3.27. The Morgan fingerprint density at radius 2 is 1.77 bits per heavy atom. The molecule has 0 unspecified atom stereocenters. The van der Waals surface area contributed by atoms with Crippen LogP contribution in [0.5, 0.6) is 0 Å². The molecule has 1 rings (SSSR count). The molecule has 0 aromatic heterocycles. The second-order valence-corrected chi connectivity index (χ2v) is 4.47. The van der Waals surface area contributed by atoms with Crippen LogP contribution in [-0.2, 0) is 4.79 Å². The molecule has 0 spiro atoms. The molecule has 0 amide bonds. The number of hydrogen-bond donors (Lipinski definition) is 0. The maximum Gasteiger partial charge on any atom is 0.196 e. The fourth-order valence-corrected chi connectivity index (χ4v) is 1.58. The Balaban J connectivity index is 2.65. The minimum Gasteiger partial charge on any atom is -0.287 e. The lowest BCUT2D eigenvalue weighted by Crippen LogP contribution is -2.00. The van der Waals surface area contributed by atoms with Crippen molar-refractivity contribution < 1.29 is 4.79 Å². The van der Waals surface area contributed by atoms with Gasteiger partial charge in [-0.3, -0.25) is 4.79 Å². The summed E-state index contributed by atoms with van der Waals surface area (Å²) in [6.45, 7) is 5.88. The molecule has 13 heavy (non-hydrogen) atoms. The smallest absolute Gasteiger partial charge is 0.196 e. The van der Waals surface area contributed by atoms with E-state index >= 15 is 0 Å². The first-order valence-electron chi connectivity index (χ1n) is 4.38. The van der Waals surface area contributed by atoms with Gasteiger partial charge in [0.1, 0.15) is 0 Å². The van der Waals surface area contributed by atoms with Gasteiger partial charge < -0.3 is 0 Å². The molecule has 1 aromatic rings. The van der Waals surface area contributed by atoms with Gasteiger partial charge in [-0.05, 0) is 19.1 Å². The van der Waals surface area contributed by atoms with E-state index < -0.39 is 0 Å². The van der Waals surface area contributed by atoms with Crippen molar-refractivity contribution in [2.24, 2.45) is 5.92 Å². The number of hydrogen-bond acceptors (Lipinski definition) is 2. The Kier molecular flexibility index (Phi) is 3.55. The standard InChI is InChI=1S/C11H14OS/c1-8(2)11(12)13-10-6-4-9(3)5-7-10/h4-8H,1-3H3. The highest BCUT2D eigenvalue weighted by Gasteiger charge is 2.08. The highest BCUT2D eigenvalue weighted by Crippen LogP contribution is 2.22. The van der Waals surface area contributed by atoms with Crippen LogP contribution in [0.15, 0.2) is 29.2 Å². The van der Waals surface area contributed by atoms with Crippen LogP contribution in [-0.4, -0.2) is 5.12 Å². The molecule has 0 bridgehead atoms. The lowest BCUT2D eigenvalue weighted by molar-refractivity contribution is -0.113. The van der Waals surface area contributed by atoms with E-state index in [1.165, 1.54) is 17.3 Å². The van der Waals surface area contributed by atoms with Gasteiger partial charge in [0.15, 0.2) is 5.12 Å². The van der Waals surface area contributed by atoms with E-state index in [9.17, 15) is 4.79 Å². The van der Waals surface area contributed by atoms with Crippen LogP contribution in [0.2, 0.25) is 0 Å². The van der Waals surface area contributed by atoms with Crippen molar-refractivity contribution in [1.29, 1.82) is 0 Å². The topological polar surface area (TPSA) is 17.1 Å². The van der Waals surface area contributed by atoms with Gasteiger partial charge in [0.05, 0.1) is 0 Å². The van der Waals surface area contributed by atoms with E-state index in [0.29, 0.717) is 0 Å². The Bertz CT molecular complexity index is 287. The number of rotatable bonds is 2. The quantitative estimate of drug-likeness (QED) is 0.672. The van der Waals surface area contributed by atoms with E-state index in [1.54, 1.807) is 0 Å². The summed E-state index contributed by atoms with van der Waals surface area (Å²) in [5.41, 5.74) is 1.22. The Morgan fingerprint density at radius 3 is 2.23 bits per heavy atom. The molecule has 1 aromatic carbocycles. The summed E-state index contributed by atoms with van der Waals surface area (Å²) >= 11 is 1.32. The molecule has 0 radical (unpaired) electrons. The maximum atomic E-state index is 11.4. The van der Waals surface area contributed by atoms with E-state index in [-0.39, 0.29) is 11.0 Å². The van der Waals surface area contributed by atoms with Crippen molar-refractivity contribution in [3.05, 3.63) is 29.8 Å². The van der Waals surface area contributed by atoms with E-state index in [4.69, 9.17) is 0 Å². The largest absolute Gasteiger partial charge is 0.287 e. The second kappa shape index (κ2) is 4.47. The molecule has 0 atom stereocenters. The van der Waals surface area contributed by atoms with Crippen molar-refractivity contribution in [3.8, 4) is 0 Å². The zero-order valence-corrected chi connectivity index (χ0v) is 9.02. The zero-order chi connectivity index (χ0) is 9.84. The summed E-state index contributed by atoms with van der Waals surface area (Å²) in [7, 11) is 0. The van der Waals surface area contributed by atoms with Crippen molar-refractivity contribution in [2.75, 3.05) is 0 Å². The molecular weight excluding hydrogens is 180 g/mol. The lowest BCUT2D eigenvalue weighted by atomic mass is 10.2. The number of benzene rings is 1. The highest BCUT2D eigenvalue weighted by molar-refractivity contribution is 8.13. The van der Waals surface area contributed by atoms with Crippen LogP contribution in [0, 0.1) is 12.8 Å². The van der Waals surface area contributed by atoms with Gasteiger partial charge in [-0.25, -0.2) is 0 Å². The van der Waals surface area contributed by atoms with Gasteiger partial charge in [-0.2, -0.15) is 0 Å². The molecule has 70 valence electrons. The molecule has 1 nitrogen and oxygen atoms in total. The van der Waals surface area contributed by atoms with Crippen LogP contribution in [0.25, 0.3) is 0 Å². The first-order chi connectivity index (χ1) is 6.09. The van der Waals surface area contributed by atoms with Crippen LogP contribution in [0.4, 0.5) is 0 Å². The van der Waals surface area contributed by atoms with Crippen LogP contribution >= 0.6 is 11.8 Å². The Labute approximate surface area is 83.5 Å². The minimum absolute atomic E-state index is 0.103. The van der Waals surface area contributed by atoms with Gasteiger partial charge in [-0.1, -0.05) is 43.3 Å². The number of carbonyl (C=O) groups excluding carboxylic acids is 1. The third kappa shape index (κ3) is 3.23. The average molecular weight is 194 g/mol. The Morgan fingerprint density at radius 1 is 1.23 bits per heavy atom. The summed E-state index contributed by atoms with van der Waals surface area (Å²) in [5.74, 6) is 0.103. The monoisotopic (exact) mass is 194 g/mol. The summed E-state index contributed by atoms with van der Waals surface area (Å²) in [4.78, 5) is 12.4. The van der Waals surface area contributed by atoms with Gasteiger partial charge in [-0.15, -0.1) is 0 Å². The number of thioether (sulfide) groups is 1. The van der Waals surface area contributed by atoms with Gasteiger partial charge in [0.2, 0.25) is 0 Å². The Hall–Kier alpha value is -0.760. The van der Waals surface area contributed by atoms with Crippen LogP contribution in [0.1, 0.15) is 19.4 Å². The van der Waals surface area contributed by atoms with Crippen LogP contribution < -0.4 is 0 Å². The van der Waals surface area contributed by atoms with Crippen molar-refractivity contribution >= 4 is 16.9 Å². The third-order valence-corrected chi connectivity index (χ3v) is 2.89. The summed E-state index contributed by atoms with van der Waals surface area (Å²) in [6, 6.07) is 8.02. The van der Waals surface area contributed by atoms with Crippen molar-refractivity contribution in [2.45, 2.75) is 25.7 Å². The van der Waals surface area contributed by atoms with E-state index in [1.807, 2.05) is 45.0 Å². The fourth-order valence-electron chi connectivity index (χ4n) is 0.840. The third-order valence-electron chi connectivity index (χ3n) is 1.71. The fraction of sp³-hybridized carbons (Fsp3) is 0.364. The number of carbonyl (C=O) groups is 1. The average Bonchev–Trinajstić information content (AvgIpc) is 2.08. The molecule has 0 heterocycles. The lowest BCUT2D eigenvalue weighted by Gasteiger charge is -2.03. The summed E-state index contributed by atoms with van der Waals surface area (Å²) in [6.07, 6.45) is 0. The number of aryl methyl sites for hydroxylation is 1. The first-order valence-corrected chi connectivity index (χ1v) is 5.19. The van der Waals surface area contributed by atoms with Gasteiger partial charge in [0.25, 0.3) is 0 Å².